The molecule has 6 nitrogen and oxygen atoms in total. The van der Waals surface area contributed by atoms with Crippen molar-refractivity contribution in [1.82, 2.24) is 15.1 Å². The molecule has 0 saturated carbocycles. The average molecular weight is 406 g/mol. The smallest absolute Gasteiger partial charge is 0.270 e. The normalized spacial score (nSPS) is 14.1. The number of carbonyl (C=O) groups is 1. The molecule has 0 atom stereocenters. The zero-order chi connectivity index (χ0) is 20.9. The van der Waals surface area contributed by atoms with E-state index in [1.165, 1.54) is 25.9 Å². The third kappa shape index (κ3) is 4.54. The Bertz CT molecular complexity index is 1020. The van der Waals surface area contributed by atoms with Gasteiger partial charge >= 0.3 is 0 Å². The van der Waals surface area contributed by atoms with Crippen LogP contribution in [0.1, 0.15) is 28.9 Å². The first-order valence-electron chi connectivity index (χ1n) is 10.6. The van der Waals surface area contributed by atoms with Gasteiger partial charge in [0.1, 0.15) is 11.4 Å². The van der Waals surface area contributed by atoms with Crippen molar-refractivity contribution in [2.45, 2.75) is 19.8 Å². The molecule has 1 amide bonds. The van der Waals surface area contributed by atoms with Gasteiger partial charge in [0, 0.05) is 18.4 Å². The van der Waals surface area contributed by atoms with Crippen molar-refractivity contribution in [3.05, 3.63) is 65.9 Å². The monoisotopic (exact) mass is 405 g/mol. The van der Waals surface area contributed by atoms with Gasteiger partial charge in [0.05, 0.1) is 44.7 Å². The number of amides is 1. The van der Waals surface area contributed by atoms with E-state index < -0.39 is 0 Å². The van der Waals surface area contributed by atoms with Gasteiger partial charge in [-0.1, -0.05) is 24.3 Å². The van der Waals surface area contributed by atoms with E-state index in [1.807, 2.05) is 61.5 Å². The summed E-state index contributed by atoms with van der Waals surface area (Å²) in [5, 5.41) is 7.86. The van der Waals surface area contributed by atoms with Gasteiger partial charge in [0.15, 0.2) is 0 Å². The van der Waals surface area contributed by atoms with E-state index >= 15 is 0 Å². The van der Waals surface area contributed by atoms with Gasteiger partial charge < -0.3 is 15.0 Å². The third-order valence-electron chi connectivity index (χ3n) is 5.63. The summed E-state index contributed by atoms with van der Waals surface area (Å²) in [5.41, 5.74) is 4.19. The fourth-order valence-electron chi connectivity index (χ4n) is 3.99. The molecule has 3 aromatic rings. The molecule has 2 N–H and O–H groups in total. The Kier molecular flexibility index (Phi) is 6.14. The highest BCUT2D eigenvalue weighted by Gasteiger charge is 2.19. The number of nitrogens with one attached hydrogen (secondary N) is 2. The number of nitrogens with zero attached hydrogens (tertiary/aromatic N) is 2. The molecule has 0 unspecified atom stereocenters. The Hall–Kier alpha value is -3.12. The molecule has 0 spiro atoms. The van der Waals surface area contributed by atoms with Crippen molar-refractivity contribution in [2.24, 2.45) is 0 Å². The minimum absolute atomic E-state index is 0.100. The Balaban J connectivity index is 1.62. The first-order chi connectivity index (χ1) is 14.6. The van der Waals surface area contributed by atoms with Crippen molar-refractivity contribution >= 4 is 5.91 Å². The lowest BCUT2D eigenvalue weighted by atomic mass is 10.1. The second kappa shape index (κ2) is 9.13. The molecular weight excluding hydrogens is 376 g/mol. The maximum absolute atomic E-state index is 13.1. The summed E-state index contributed by atoms with van der Waals surface area (Å²) in [6.45, 7) is 6.08. The number of carbonyl (C=O) groups excluding carboxylic acids is 1. The zero-order valence-electron chi connectivity index (χ0n) is 17.6. The van der Waals surface area contributed by atoms with Crippen LogP contribution in [0.25, 0.3) is 16.9 Å². The van der Waals surface area contributed by atoms with Gasteiger partial charge in [0.25, 0.3) is 5.91 Å². The fraction of sp³-hybridized carbons (Fsp3) is 0.333. The van der Waals surface area contributed by atoms with Crippen LogP contribution in [-0.4, -0.2) is 49.0 Å². The molecule has 1 saturated heterocycles. The minimum atomic E-state index is -0.100. The lowest BCUT2D eigenvalue weighted by Gasteiger charge is -2.13. The number of rotatable bonds is 7. The summed E-state index contributed by atoms with van der Waals surface area (Å²) >= 11 is 0. The van der Waals surface area contributed by atoms with Gasteiger partial charge in [-0.15, -0.1) is 0 Å². The van der Waals surface area contributed by atoms with E-state index in [0.29, 0.717) is 12.2 Å². The zero-order valence-corrected chi connectivity index (χ0v) is 17.6. The van der Waals surface area contributed by atoms with Crippen LogP contribution >= 0.6 is 0 Å². The summed E-state index contributed by atoms with van der Waals surface area (Å²) in [7, 11) is 1.64. The highest BCUT2D eigenvalue weighted by Crippen LogP contribution is 2.25. The van der Waals surface area contributed by atoms with E-state index in [-0.39, 0.29) is 5.91 Å². The number of ether oxygens (including phenoxy) is 1. The topological polar surface area (TPSA) is 60.6 Å². The number of aryl methyl sites for hydroxylation is 1. The van der Waals surface area contributed by atoms with Crippen molar-refractivity contribution in [1.29, 1.82) is 0 Å². The molecule has 1 aliphatic heterocycles. The SMILES string of the molecule is COc1cccc(-c2cc(C(=O)NCC[NH+]3CCCC3)n(-c3cccc(C)c3)n2)c1. The number of aromatic nitrogens is 2. The lowest BCUT2D eigenvalue weighted by Crippen LogP contribution is -3.10. The van der Waals surface area contributed by atoms with Crippen molar-refractivity contribution in [3.63, 3.8) is 0 Å². The van der Waals surface area contributed by atoms with Crippen LogP contribution in [0.4, 0.5) is 0 Å². The van der Waals surface area contributed by atoms with E-state index in [2.05, 4.69) is 5.32 Å². The van der Waals surface area contributed by atoms with Gasteiger partial charge in [-0.2, -0.15) is 5.10 Å². The second-order valence-corrected chi connectivity index (χ2v) is 7.86. The number of quaternary nitrogens is 1. The molecule has 2 heterocycles. The highest BCUT2D eigenvalue weighted by molar-refractivity contribution is 5.94. The van der Waals surface area contributed by atoms with Crippen LogP contribution in [0.3, 0.4) is 0 Å². The number of methoxy groups -OCH3 is 1. The van der Waals surface area contributed by atoms with E-state index in [4.69, 9.17) is 9.84 Å². The molecule has 6 heteroatoms. The third-order valence-corrected chi connectivity index (χ3v) is 5.63. The summed E-state index contributed by atoms with van der Waals surface area (Å²) in [6.07, 6.45) is 2.57. The van der Waals surface area contributed by atoms with Crippen LogP contribution < -0.4 is 15.0 Å². The molecular formula is C24H29N4O2+. The summed E-state index contributed by atoms with van der Waals surface area (Å²) in [5.74, 6) is 0.661. The maximum Gasteiger partial charge on any atom is 0.270 e. The minimum Gasteiger partial charge on any atom is -0.497 e. The molecule has 0 bridgehead atoms. The lowest BCUT2D eigenvalue weighted by molar-refractivity contribution is -0.886. The van der Waals surface area contributed by atoms with Crippen molar-refractivity contribution in [2.75, 3.05) is 33.3 Å². The first-order valence-corrected chi connectivity index (χ1v) is 10.6. The molecule has 4 rings (SSSR count). The Morgan fingerprint density at radius 3 is 2.70 bits per heavy atom. The van der Waals surface area contributed by atoms with Gasteiger partial charge in [-0.3, -0.25) is 4.79 Å². The van der Waals surface area contributed by atoms with E-state index in [1.54, 1.807) is 16.7 Å². The van der Waals surface area contributed by atoms with Crippen molar-refractivity contribution in [3.8, 4) is 22.7 Å². The van der Waals surface area contributed by atoms with Crippen LogP contribution in [0.2, 0.25) is 0 Å². The number of hydrogen-bond donors (Lipinski definition) is 2. The molecule has 1 fully saturated rings. The Morgan fingerprint density at radius 1 is 1.13 bits per heavy atom. The summed E-state index contributed by atoms with van der Waals surface area (Å²) in [6, 6.07) is 17.6. The number of benzene rings is 2. The van der Waals surface area contributed by atoms with Crippen molar-refractivity contribution < 1.29 is 14.4 Å². The van der Waals surface area contributed by atoms with E-state index in [9.17, 15) is 4.79 Å². The van der Waals surface area contributed by atoms with Crippen LogP contribution in [0, 0.1) is 6.92 Å². The number of hydrogen-bond acceptors (Lipinski definition) is 3. The summed E-state index contributed by atoms with van der Waals surface area (Å²) in [4.78, 5) is 14.6. The fourth-order valence-corrected chi connectivity index (χ4v) is 3.99. The molecule has 1 aromatic heterocycles. The second-order valence-electron chi connectivity index (χ2n) is 7.86. The Labute approximate surface area is 177 Å². The average Bonchev–Trinajstić information content (AvgIpc) is 3.44. The molecule has 2 aromatic carbocycles. The first kappa shape index (κ1) is 20.2. The van der Waals surface area contributed by atoms with Crippen LogP contribution in [0.5, 0.6) is 5.75 Å². The van der Waals surface area contributed by atoms with Gasteiger partial charge in [-0.05, 0) is 42.8 Å². The molecule has 0 radical (unpaired) electrons. The predicted octanol–water partition coefficient (Wildman–Crippen LogP) is 2.26. The quantitative estimate of drug-likeness (QED) is 0.634. The van der Waals surface area contributed by atoms with E-state index in [0.717, 1.165) is 34.8 Å². The largest absolute Gasteiger partial charge is 0.497 e. The molecule has 156 valence electrons. The predicted molar refractivity (Wildman–Crippen MR) is 117 cm³/mol. The maximum atomic E-state index is 13.1. The summed E-state index contributed by atoms with van der Waals surface area (Å²) < 4.78 is 7.08. The van der Waals surface area contributed by atoms with Crippen LogP contribution in [0.15, 0.2) is 54.6 Å². The molecule has 30 heavy (non-hydrogen) atoms. The standard InChI is InChI=1S/C24H28N4O2/c1-18-7-5-9-20(15-18)28-23(24(29)25-11-14-27-12-3-4-13-27)17-22(26-28)19-8-6-10-21(16-19)30-2/h5-10,15-17H,3-4,11-14H2,1-2H3,(H,25,29)/p+1. The van der Waals surface area contributed by atoms with Crippen LogP contribution in [-0.2, 0) is 0 Å². The van der Waals surface area contributed by atoms with Gasteiger partial charge in [0.2, 0.25) is 0 Å². The van der Waals surface area contributed by atoms with Gasteiger partial charge in [-0.25, -0.2) is 4.68 Å². The molecule has 0 aliphatic carbocycles. The number of likely N-dealkylation sites (tertiary alicyclic amines) is 1. The highest BCUT2D eigenvalue weighted by atomic mass is 16.5. The molecule has 1 aliphatic rings. The Morgan fingerprint density at radius 2 is 1.93 bits per heavy atom.